The SMILES string of the molecule is CCCCCCC1CCC(C2CCC(CCc3ccc(CCCCC)cc3)CC2)CC1. The molecule has 2 aliphatic carbocycles. The standard InChI is InChI=1S/C31H52/c1-3-5-7-9-11-27-18-22-30(23-19-27)31-24-20-29(21-25-31)17-16-28-14-12-26(13-15-28)10-8-6-4-2/h12-15,27,29-31H,3-11,16-25H2,1-2H3. The van der Waals surface area contributed by atoms with Crippen molar-refractivity contribution in [1.29, 1.82) is 0 Å². The molecule has 0 nitrogen and oxygen atoms in total. The Kier molecular flexibility index (Phi) is 11.5. The molecule has 0 aliphatic heterocycles. The molecule has 0 radical (unpaired) electrons. The fourth-order valence-electron chi connectivity index (χ4n) is 6.58. The van der Waals surface area contributed by atoms with E-state index in [2.05, 4.69) is 38.1 Å². The Balaban J connectivity index is 1.28. The molecule has 2 saturated carbocycles. The molecule has 0 spiro atoms. The molecule has 0 atom stereocenters. The summed E-state index contributed by atoms with van der Waals surface area (Å²) < 4.78 is 0. The predicted molar refractivity (Wildman–Crippen MR) is 138 cm³/mol. The molecule has 1 aromatic rings. The third-order valence-electron chi connectivity index (χ3n) is 8.85. The van der Waals surface area contributed by atoms with Crippen LogP contribution in [0.15, 0.2) is 24.3 Å². The maximum absolute atomic E-state index is 2.41. The second kappa shape index (κ2) is 14.4. The van der Waals surface area contributed by atoms with Gasteiger partial charge in [-0.1, -0.05) is 109 Å². The maximum Gasteiger partial charge on any atom is -0.0276 e. The van der Waals surface area contributed by atoms with Crippen LogP contribution < -0.4 is 0 Å². The van der Waals surface area contributed by atoms with Gasteiger partial charge >= 0.3 is 0 Å². The minimum Gasteiger partial charge on any atom is -0.0654 e. The molecule has 0 saturated heterocycles. The van der Waals surface area contributed by atoms with E-state index in [9.17, 15) is 0 Å². The Morgan fingerprint density at radius 1 is 0.516 bits per heavy atom. The van der Waals surface area contributed by atoms with Crippen LogP contribution >= 0.6 is 0 Å². The summed E-state index contributed by atoms with van der Waals surface area (Å²) >= 11 is 0. The Bertz CT molecular complexity index is 554. The van der Waals surface area contributed by atoms with E-state index >= 15 is 0 Å². The van der Waals surface area contributed by atoms with Gasteiger partial charge < -0.3 is 0 Å². The Hall–Kier alpha value is -0.780. The Labute approximate surface area is 195 Å². The lowest BCUT2D eigenvalue weighted by molar-refractivity contribution is 0.140. The van der Waals surface area contributed by atoms with E-state index in [0.717, 1.165) is 23.7 Å². The molecular formula is C31H52. The molecule has 0 heterocycles. The van der Waals surface area contributed by atoms with Crippen molar-refractivity contribution in [2.24, 2.45) is 23.7 Å². The largest absolute Gasteiger partial charge is 0.0654 e. The third-order valence-corrected chi connectivity index (χ3v) is 8.85. The number of aryl methyl sites for hydroxylation is 2. The van der Waals surface area contributed by atoms with E-state index in [4.69, 9.17) is 0 Å². The Morgan fingerprint density at radius 2 is 1.00 bits per heavy atom. The molecule has 2 fully saturated rings. The van der Waals surface area contributed by atoms with Gasteiger partial charge in [0.15, 0.2) is 0 Å². The third kappa shape index (κ3) is 8.94. The van der Waals surface area contributed by atoms with Crippen LogP contribution in [0.3, 0.4) is 0 Å². The number of rotatable bonds is 13. The molecular weight excluding hydrogens is 372 g/mol. The predicted octanol–water partition coefficient (Wildman–Crippen LogP) is 9.94. The van der Waals surface area contributed by atoms with E-state index in [0.29, 0.717) is 0 Å². The minimum absolute atomic E-state index is 0.996. The van der Waals surface area contributed by atoms with Crippen molar-refractivity contribution >= 4 is 0 Å². The highest BCUT2D eigenvalue weighted by atomic mass is 14.4. The van der Waals surface area contributed by atoms with Gasteiger partial charge in [-0.15, -0.1) is 0 Å². The molecule has 0 bridgehead atoms. The summed E-state index contributed by atoms with van der Waals surface area (Å²) in [6.45, 7) is 4.62. The lowest BCUT2D eigenvalue weighted by atomic mass is 9.68. The first-order valence-electron chi connectivity index (χ1n) is 14.4. The summed E-state index contributed by atoms with van der Waals surface area (Å²) in [5.41, 5.74) is 3.10. The van der Waals surface area contributed by atoms with Gasteiger partial charge in [-0.25, -0.2) is 0 Å². The number of unbranched alkanes of at least 4 members (excludes halogenated alkanes) is 5. The summed E-state index contributed by atoms with van der Waals surface area (Å²) in [6, 6.07) is 9.60. The van der Waals surface area contributed by atoms with Crippen LogP contribution in [0.1, 0.15) is 134 Å². The zero-order chi connectivity index (χ0) is 21.7. The van der Waals surface area contributed by atoms with Crippen molar-refractivity contribution in [2.75, 3.05) is 0 Å². The van der Waals surface area contributed by atoms with Gasteiger partial charge in [0, 0.05) is 0 Å². The van der Waals surface area contributed by atoms with Gasteiger partial charge in [-0.05, 0) is 86.2 Å². The molecule has 2 aliphatic rings. The topological polar surface area (TPSA) is 0 Å². The number of hydrogen-bond donors (Lipinski definition) is 0. The van der Waals surface area contributed by atoms with E-state index < -0.39 is 0 Å². The van der Waals surface area contributed by atoms with Crippen molar-refractivity contribution in [3.05, 3.63) is 35.4 Å². The van der Waals surface area contributed by atoms with Crippen molar-refractivity contribution < 1.29 is 0 Å². The molecule has 0 heteroatoms. The summed E-state index contributed by atoms with van der Waals surface area (Å²) in [7, 11) is 0. The Morgan fingerprint density at radius 3 is 1.55 bits per heavy atom. The van der Waals surface area contributed by atoms with Crippen LogP contribution in [-0.2, 0) is 12.8 Å². The molecule has 176 valence electrons. The van der Waals surface area contributed by atoms with E-state index in [1.807, 2.05) is 0 Å². The molecule has 0 N–H and O–H groups in total. The van der Waals surface area contributed by atoms with Crippen LogP contribution in [0.4, 0.5) is 0 Å². The van der Waals surface area contributed by atoms with Crippen molar-refractivity contribution in [2.45, 2.75) is 136 Å². The molecule has 1 aromatic carbocycles. The molecule has 0 unspecified atom stereocenters. The zero-order valence-corrected chi connectivity index (χ0v) is 21.1. The van der Waals surface area contributed by atoms with Gasteiger partial charge in [0.05, 0.1) is 0 Å². The lowest BCUT2D eigenvalue weighted by Gasteiger charge is -2.38. The first-order valence-corrected chi connectivity index (χ1v) is 14.4. The maximum atomic E-state index is 2.41. The molecule has 0 aromatic heterocycles. The van der Waals surface area contributed by atoms with Crippen molar-refractivity contribution in [3.63, 3.8) is 0 Å². The normalized spacial score (nSPS) is 26.8. The average molecular weight is 425 g/mol. The average Bonchev–Trinajstić information content (AvgIpc) is 2.82. The summed E-state index contributed by atoms with van der Waals surface area (Å²) in [4.78, 5) is 0. The first-order chi connectivity index (χ1) is 15.3. The van der Waals surface area contributed by atoms with Crippen LogP contribution in [0.5, 0.6) is 0 Å². The number of hydrogen-bond acceptors (Lipinski definition) is 0. The van der Waals surface area contributed by atoms with E-state index in [-0.39, 0.29) is 0 Å². The highest BCUT2D eigenvalue weighted by Crippen LogP contribution is 2.43. The van der Waals surface area contributed by atoms with Crippen molar-refractivity contribution in [1.82, 2.24) is 0 Å². The van der Waals surface area contributed by atoms with Gasteiger partial charge in [0.1, 0.15) is 0 Å². The van der Waals surface area contributed by atoms with Crippen LogP contribution in [0.2, 0.25) is 0 Å². The first kappa shape index (κ1) is 24.9. The second-order valence-electron chi connectivity index (χ2n) is 11.2. The summed E-state index contributed by atoms with van der Waals surface area (Å²) in [5, 5.41) is 0. The fraction of sp³-hybridized carbons (Fsp3) is 0.806. The molecule has 0 amide bonds. The van der Waals surface area contributed by atoms with Gasteiger partial charge in [0.25, 0.3) is 0 Å². The zero-order valence-electron chi connectivity index (χ0n) is 21.1. The second-order valence-corrected chi connectivity index (χ2v) is 11.2. The fourth-order valence-corrected chi connectivity index (χ4v) is 6.58. The highest BCUT2D eigenvalue weighted by molar-refractivity contribution is 5.22. The van der Waals surface area contributed by atoms with Crippen LogP contribution in [-0.4, -0.2) is 0 Å². The highest BCUT2D eigenvalue weighted by Gasteiger charge is 2.30. The summed E-state index contributed by atoms with van der Waals surface area (Å²) in [5.74, 6) is 4.21. The van der Waals surface area contributed by atoms with Gasteiger partial charge in [-0.3, -0.25) is 0 Å². The molecule has 31 heavy (non-hydrogen) atoms. The quantitative estimate of drug-likeness (QED) is 0.276. The van der Waals surface area contributed by atoms with E-state index in [1.165, 1.54) is 102 Å². The minimum atomic E-state index is 0.996. The van der Waals surface area contributed by atoms with Gasteiger partial charge in [0.2, 0.25) is 0 Å². The van der Waals surface area contributed by atoms with Crippen LogP contribution in [0.25, 0.3) is 0 Å². The monoisotopic (exact) mass is 424 g/mol. The smallest absolute Gasteiger partial charge is 0.0276 e. The lowest BCUT2D eigenvalue weighted by Crippen LogP contribution is -2.26. The van der Waals surface area contributed by atoms with E-state index in [1.54, 1.807) is 31.2 Å². The van der Waals surface area contributed by atoms with Crippen LogP contribution in [0, 0.1) is 23.7 Å². The number of benzene rings is 1. The summed E-state index contributed by atoms with van der Waals surface area (Å²) in [6.07, 6.45) is 27.6. The molecule has 3 rings (SSSR count). The van der Waals surface area contributed by atoms with Crippen molar-refractivity contribution in [3.8, 4) is 0 Å². The van der Waals surface area contributed by atoms with Gasteiger partial charge in [-0.2, -0.15) is 0 Å².